The Morgan fingerprint density at radius 1 is 1.12 bits per heavy atom. The first-order valence-corrected chi connectivity index (χ1v) is 9.59. The molecule has 2 N–H and O–H groups in total. The molecule has 5 nitrogen and oxygen atoms in total. The lowest BCUT2D eigenvalue weighted by Gasteiger charge is -2.32. The number of nitrogens with zero attached hydrogens (tertiary/aromatic N) is 1. The third kappa shape index (κ3) is 4.82. The Bertz CT molecular complexity index is 743. The van der Waals surface area contributed by atoms with E-state index in [4.69, 9.17) is 0 Å². The summed E-state index contributed by atoms with van der Waals surface area (Å²) < 4.78 is 13.8. The molecule has 1 aliphatic heterocycles. The van der Waals surface area contributed by atoms with Gasteiger partial charge in [-0.15, -0.1) is 11.3 Å². The number of nitrogens with one attached hydrogen (secondary N) is 2. The predicted molar refractivity (Wildman–Crippen MR) is 99.6 cm³/mol. The van der Waals surface area contributed by atoms with Crippen LogP contribution in [0.3, 0.4) is 0 Å². The Morgan fingerprint density at radius 3 is 2.58 bits per heavy atom. The van der Waals surface area contributed by atoms with Gasteiger partial charge in [-0.2, -0.15) is 0 Å². The number of halogens is 1. The summed E-state index contributed by atoms with van der Waals surface area (Å²) in [6.07, 6.45) is 1.59. The number of piperidine rings is 1. The number of rotatable bonds is 5. The van der Waals surface area contributed by atoms with E-state index in [0.29, 0.717) is 32.1 Å². The summed E-state index contributed by atoms with van der Waals surface area (Å²) in [5, 5.41) is 7.70. The van der Waals surface area contributed by atoms with Gasteiger partial charge in [-0.1, -0.05) is 18.2 Å². The third-order valence-corrected chi connectivity index (χ3v) is 5.44. The Kier molecular flexibility index (Phi) is 6.22. The van der Waals surface area contributed by atoms with Crippen LogP contribution in [0, 0.1) is 11.7 Å². The zero-order chi connectivity index (χ0) is 18.4. The van der Waals surface area contributed by atoms with E-state index in [2.05, 4.69) is 10.6 Å². The molecular weight excluding hydrogens is 353 g/mol. The topological polar surface area (TPSA) is 61.4 Å². The van der Waals surface area contributed by atoms with E-state index in [9.17, 15) is 14.0 Å². The normalized spacial score (nSPS) is 14.9. The van der Waals surface area contributed by atoms with Crippen molar-refractivity contribution in [2.24, 2.45) is 5.92 Å². The second-order valence-electron chi connectivity index (χ2n) is 6.36. The number of likely N-dealkylation sites (tertiary alicyclic amines) is 1. The van der Waals surface area contributed by atoms with Crippen molar-refractivity contribution in [3.05, 3.63) is 58.0 Å². The summed E-state index contributed by atoms with van der Waals surface area (Å²) in [7, 11) is 0. The van der Waals surface area contributed by atoms with E-state index in [1.165, 1.54) is 12.1 Å². The van der Waals surface area contributed by atoms with Gasteiger partial charge in [0.2, 0.25) is 0 Å². The highest BCUT2D eigenvalue weighted by Crippen LogP contribution is 2.19. The van der Waals surface area contributed by atoms with Crippen LogP contribution in [-0.4, -0.2) is 36.5 Å². The average Bonchev–Trinajstić information content (AvgIpc) is 3.18. The van der Waals surface area contributed by atoms with E-state index >= 15 is 0 Å². The number of urea groups is 1. The zero-order valence-corrected chi connectivity index (χ0v) is 15.2. The highest BCUT2D eigenvalue weighted by molar-refractivity contribution is 7.09. The molecule has 0 atom stereocenters. The van der Waals surface area contributed by atoms with Crippen LogP contribution in [0.25, 0.3) is 0 Å². The van der Waals surface area contributed by atoms with Crippen molar-refractivity contribution in [1.29, 1.82) is 0 Å². The molecule has 0 spiro atoms. The van der Waals surface area contributed by atoms with Crippen molar-refractivity contribution in [2.45, 2.75) is 19.4 Å². The minimum absolute atomic E-state index is 0.122. The van der Waals surface area contributed by atoms with Crippen LogP contribution in [0.1, 0.15) is 28.1 Å². The van der Waals surface area contributed by atoms with Crippen LogP contribution in [-0.2, 0) is 6.54 Å². The average molecular weight is 375 g/mol. The van der Waals surface area contributed by atoms with Crippen LogP contribution in [0.2, 0.25) is 0 Å². The second-order valence-corrected chi connectivity index (χ2v) is 7.39. The molecule has 0 unspecified atom stereocenters. The second kappa shape index (κ2) is 8.80. The number of carbonyl (C=O) groups is 2. The maximum Gasteiger partial charge on any atom is 0.315 e. The molecular formula is C19H22FN3O2S. The SMILES string of the molecule is O=C(NCc1cccs1)NCC1CCN(C(=O)c2ccccc2F)CC1. The van der Waals surface area contributed by atoms with Gasteiger partial charge in [-0.25, -0.2) is 9.18 Å². The molecule has 1 fully saturated rings. The fourth-order valence-corrected chi connectivity index (χ4v) is 3.67. The molecule has 26 heavy (non-hydrogen) atoms. The molecule has 1 saturated heterocycles. The van der Waals surface area contributed by atoms with Gasteiger partial charge in [0.1, 0.15) is 5.82 Å². The Balaban J connectivity index is 1.39. The van der Waals surface area contributed by atoms with Crippen molar-refractivity contribution in [2.75, 3.05) is 19.6 Å². The molecule has 0 saturated carbocycles. The maximum absolute atomic E-state index is 13.8. The largest absolute Gasteiger partial charge is 0.339 e. The van der Waals surface area contributed by atoms with E-state index in [-0.39, 0.29) is 17.5 Å². The van der Waals surface area contributed by atoms with Crippen LogP contribution in [0.5, 0.6) is 0 Å². The molecule has 0 radical (unpaired) electrons. The van der Waals surface area contributed by atoms with Gasteiger partial charge in [0.15, 0.2) is 0 Å². The van der Waals surface area contributed by atoms with Crippen LogP contribution < -0.4 is 10.6 Å². The summed E-state index contributed by atoms with van der Waals surface area (Å²) in [6, 6.07) is 9.82. The van der Waals surface area contributed by atoms with Crippen molar-refractivity contribution in [1.82, 2.24) is 15.5 Å². The summed E-state index contributed by atoms with van der Waals surface area (Å²) in [5.74, 6) is -0.418. The molecule has 0 bridgehead atoms. The minimum Gasteiger partial charge on any atom is -0.339 e. The highest BCUT2D eigenvalue weighted by Gasteiger charge is 2.25. The number of hydrogen-bond acceptors (Lipinski definition) is 3. The van der Waals surface area contributed by atoms with Crippen LogP contribution >= 0.6 is 11.3 Å². The summed E-state index contributed by atoms with van der Waals surface area (Å²) >= 11 is 1.61. The minimum atomic E-state index is -0.483. The zero-order valence-electron chi connectivity index (χ0n) is 14.4. The molecule has 0 aliphatic carbocycles. The first kappa shape index (κ1) is 18.4. The number of thiophene rings is 1. The van der Waals surface area contributed by atoms with E-state index in [1.807, 2.05) is 17.5 Å². The molecule has 1 aliphatic rings. The summed E-state index contributed by atoms with van der Waals surface area (Å²) in [6.45, 7) is 2.27. The third-order valence-electron chi connectivity index (χ3n) is 4.56. The standard InChI is InChI=1S/C19H22FN3O2S/c20-17-6-2-1-5-16(17)18(24)23-9-7-14(8-10-23)12-21-19(25)22-13-15-4-3-11-26-15/h1-6,11,14H,7-10,12-13H2,(H2,21,22,25). The molecule has 2 heterocycles. The van der Waals surface area contributed by atoms with Gasteiger partial charge in [0.05, 0.1) is 12.1 Å². The number of hydrogen-bond donors (Lipinski definition) is 2. The number of benzene rings is 1. The number of carbonyl (C=O) groups excluding carboxylic acids is 2. The van der Waals surface area contributed by atoms with Crippen molar-refractivity contribution >= 4 is 23.3 Å². The lowest BCUT2D eigenvalue weighted by atomic mass is 9.96. The molecule has 1 aromatic carbocycles. The highest BCUT2D eigenvalue weighted by atomic mass is 32.1. The van der Waals surface area contributed by atoms with Crippen LogP contribution in [0.15, 0.2) is 41.8 Å². The molecule has 2 aromatic rings. The Labute approximate surface area is 156 Å². The van der Waals surface area contributed by atoms with Gasteiger partial charge in [-0.05, 0) is 42.3 Å². The fraction of sp³-hybridized carbons (Fsp3) is 0.368. The van der Waals surface area contributed by atoms with Gasteiger partial charge >= 0.3 is 6.03 Å². The molecule has 3 rings (SSSR count). The fourth-order valence-electron chi connectivity index (χ4n) is 3.03. The molecule has 138 valence electrons. The Hall–Kier alpha value is -2.41. The molecule has 7 heteroatoms. The quantitative estimate of drug-likeness (QED) is 0.843. The molecule has 3 amide bonds. The van der Waals surface area contributed by atoms with E-state index in [0.717, 1.165) is 17.7 Å². The van der Waals surface area contributed by atoms with Crippen LogP contribution in [0.4, 0.5) is 9.18 Å². The van der Waals surface area contributed by atoms with Gasteiger partial charge in [-0.3, -0.25) is 4.79 Å². The monoisotopic (exact) mass is 375 g/mol. The lowest BCUT2D eigenvalue weighted by Crippen LogP contribution is -2.43. The van der Waals surface area contributed by atoms with E-state index in [1.54, 1.807) is 28.4 Å². The predicted octanol–water partition coefficient (Wildman–Crippen LogP) is 3.24. The maximum atomic E-state index is 13.8. The van der Waals surface area contributed by atoms with Crippen molar-refractivity contribution in [3.8, 4) is 0 Å². The molecule has 1 aromatic heterocycles. The first-order valence-electron chi connectivity index (χ1n) is 8.71. The summed E-state index contributed by atoms with van der Waals surface area (Å²) in [5.41, 5.74) is 0.122. The smallest absolute Gasteiger partial charge is 0.315 e. The van der Waals surface area contributed by atoms with Crippen molar-refractivity contribution < 1.29 is 14.0 Å². The van der Waals surface area contributed by atoms with Gasteiger partial charge in [0.25, 0.3) is 5.91 Å². The van der Waals surface area contributed by atoms with Gasteiger partial charge < -0.3 is 15.5 Å². The Morgan fingerprint density at radius 2 is 1.88 bits per heavy atom. The first-order chi connectivity index (χ1) is 12.6. The van der Waals surface area contributed by atoms with E-state index < -0.39 is 5.82 Å². The lowest BCUT2D eigenvalue weighted by molar-refractivity contribution is 0.0686. The van der Waals surface area contributed by atoms with Crippen molar-refractivity contribution in [3.63, 3.8) is 0 Å². The summed E-state index contributed by atoms with van der Waals surface area (Å²) in [4.78, 5) is 27.0. The number of amides is 3. The van der Waals surface area contributed by atoms with Gasteiger partial charge in [0, 0.05) is 24.5 Å².